The van der Waals surface area contributed by atoms with Gasteiger partial charge in [-0.05, 0) is 48.6 Å². The van der Waals surface area contributed by atoms with E-state index >= 15 is 0 Å². The summed E-state index contributed by atoms with van der Waals surface area (Å²) in [6, 6.07) is 9.89. The highest BCUT2D eigenvalue weighted by Crippen LogP contribution is 2.30. The molecule has 1 amide bonds. The molecular weight excluding hydrogens is 329 g/mol. The summed E-state index contributed by atoms with van der Waals surface area (Å²) >= 11 is 1.40. The van der Waals surface area contributed by atoms with Crippen molar-refractivity contribution in [1.82, 2.24) is 4.90 Å². The van der Waals surface area contributed by atoms with Gasteiger partial charge in [0, 0.05) is 24.4 Å². The second kappa shape index (κ2) is 7.13. The number of thiophene rings is 1. The molecule has 1 fully saturated rings. The zero-order valence-corrected chi connectivity index (χ0v) is 13.9. The lowest BCUT2D eigenvalue weighted by Crippen LogP contribution is -2.38. The van der Waals surface area contributed by atoms with Crippen molar-refractivity contribution in [2.45, 2.75) is 19.3 Å². The number of amides is 1. The molecule has 0 saturated carbocycles. The Morgan fingerprint density at radius 1 is 1.12 bits per heavy atom. The van der Waals surface area contributed by atoms with E-state index in [0.29, 0.717) is 18.0 Å². The summed E-state index contributed by atoms with van der Waals surface area (Å²) in [6.45, 7) is 1.20. The van der Waals surface area contributed by atoms with Crippen LogP contribution in [0.1, 0.15) is 28.9 Å². The molecule has 3 rings (SSSR count). The van der Waals surface area contributed by atoms with Crippen LogP contribution in [0.2, 0.25) is 0 Å². The van der Waals surface area contributed by atoms with Crippen LogP contribution in [0.4, 0.5) is 4.39 Å². The molecule has 1 aliphatic rings. The van der Waals surface area contributed by atoms with Gasteiger partial charge in [-0.3, -0.25) is 9.59 Å². The first-order valence-corrected chi connectivity index (χ1v) is 8.71. The summed E-state index contributed by atoms with van der Waals surface area (Å²) in [4.78, 5) is 26.7. The molecule has 0 atom stereocenters. The Labute approximate surface area is 143 Å². The third kappa shape index (κ3) is 3.82. The molecule has 1 aromatic heterocycles. The number of nitrogens with zero attached hydrogens (tertiary/aromatic N) is 1. The van der Waals surface area contributed by atoms with Gasteiger partial charge in [-0.1, -0.05) is 12.1 Å². The summed E-state index contributed by atoms with van der Waals surface area (Å²) in [5.41, 5.74) is 0.889. The van der Waals surface area contributed by atoms with E-state index < -0.39 is 5.97 Å². The number of rotatable bonds is 4. The van der Waals surface area contributed by atoms with Crippen molar-refractivity contribution in [3.05, 3.63) is 47.1 Å². The largest absolute Gasteiger partial charge is 0.481 e. The van der Waals surface area contributed by atoms with Crippen LogP contribution >= 0.6 is 11.3 Å². The topological polar surface area (TPSA) is 57.6 Å². The van der Waals surface area contributed by atoms with E-state index in [1.165, 1.54) is 23.5 Å². The highest BCUT2D eigenvalue weighted by molar-refractivity contribution is 7.17. The van der Waals surface area contributed by atoms with E-state index in [9.17, 15) is 14.0 Å². The lowest BCUT2D eigenvalue weighted by Gasteiger charge is -2.31. The Balaban J connectivity index is 1.64. The number of aliphatic carboxylic acids is 1. The molecule has 0 aliphatic carbocycles. The molecule has 6 heteroatoms. The van der Waals surface area contributed by atoms with Gasteiger partial charge in [0.25, 0.3) is 5.91 Å². The molecule has 0 spiro atoms. The van der Waals surface area contributed by atoms with E-state index in [1.54, 1.807) is 23.1 Å². The normalized spacial score (nSPS) is 15.5. The summed E-state index contributed by atoms with van der Waals surface area (Å²) < 4.78 is 13.0. The van der Waals surface area contributed by atoms with Gasteiger partial charge < -0.3 is 10.0 Å². The van der Waals surface area contributed by atoms with Crippen molar-refractivity contribution in [2.75, 3.05) is 13.1 Å². The van der Waals surface area contributed by atoms with Crippen LogP contribution in [0, 0.1) is 11.7 Å². The van der Waals surface area contributed by atoms with Gasteiger partial charge in [0.1, 0.15) is 5.82 Å². The quantitative estimate of drug-likeness (QED) is 0.913. The van der Waals surface area contributed by atoms with E-state index in [-0.39, 0.29) is 24.1 Å². The maximum Gasteiger partial charge on any atom is 0.303 e. The molecule has 126 valence electrons. The number of carbonyl (C=O) groups excluding carboxylic acids is 1. The smallest absolute Gasteiger partial charge is 0.303 e. The Hall–Kier alpha value is -2.21. The summed E-state index contributed by atoms with van der Waals surface area (Å²) in [6.07, 6.45) is 1.64. The number of carbonyl (C=O) groups is 2. The fourth-order valence-corrected chi connectivity index (χ4v) is 3.94. The number of carboxylic acids is 1. The van der Waals surface area contributed by atoms with E-state index in [1.807, 2.05) is 6.07 Å². The number of halogens is 1. The van der Waals surface area contributed by atoms with Crippen LogP contribution in [0.15, 0.2) is 36.4 Å². The summed E-state index contributed by atoms with van der Waals surface area (Å²) in [5, 5.41) is 8.84. The fourth-order valence-electron chi connectivity index (χ4n) is 2.97. The molecule has 0 unspecified atom stereocenters. The second-order valence-electron chi connectivity index (χ2n) is 6.00. The van der Waals surface area contributed by atoms with Crippen LogP contribution in [0.5, 0.6) is 0 Å². The van der Waals surface area contributed by atoms with Crippen LogP contribution in [0.25, 0.3) is 10.4 Å². The van der Waals surface area contributed by atoms with Gasteiger partial charge >= 0.3 is 5.97 Å². The number of hydrogen-bond acceptors (Lipinski definition) is 3. The van der Waals surface area contributed by atoms with E-state index in [2.05, 4.69) is 0 Å². The highest BCUT2D eigenvalue weighted by Gasteiger charge is 2.25. The van der Waals surface area contributed by atoms with E-state index in [0.717, 1.165) is 23.3 Å². The molecule has 2 heterocycles. The predicted molar refractivity (Wildman–Crippen MR) is 90.6 cm³/mol. The maximum atomic E-state index is 13.0. The van der Waals surface area contributed by atoms with Crippen molar-refractivity contribution in [3.63, 3.8) is 0 Å². The van der Waals surface area contributed by atoms with Gasteiger partial charge in [0.2, 0.25) is 0 Å². The van der Waals surface area contributed by atoms with Crippen LogP contribution in [-0.4, -0.2) is 35.0 Å². The average molecular weight is 347 g/mol. The van der Waals surface area contributed by atoms with Gasteiger partial charge in [-0.25, -0.2) is 4.39 Å². The first-order valence-electron chi connectivity index (χ1n) is 7.90. The van der Waals surface area contributed by atoms with Gasteiger partial charge in [0.05, 0.1) is 4.88 Å². The van der Waals surface area contributed by atoms with Gasteiger partial charge in [-0.15, -0.1) is 11.3 Å². The molecule has 1 aromatic carbocycles. The lowest BCUT2D eigenvalue weighted by molar-refractivity contribution is -0.138. The van der Waals surface area contributed by atoms with Crippen LogP contribution in [-0.2, 0) is 4.79 Å². The molecule has 1 N–H and O–H groups in total. The Morgan fingerprint density at radius 2 is 1.79 bits per heavy atom. The second-order valence-corrected chi connectivity index (χ2v) is 7.09. The molecule has 4 nitrogen and oxygen atoms in total. The zero-order valence-electron chi connectivity index (χ0n) is 13.1. The molecular formula is C18H18FNO3S. The van der Waals surface area contributed by atoms with Crippen molar-refractivity contribution < 1.29 is 19.1 Å². The van der Waals surface area contributed by atoms with Crippen LogP contribution in [0.3, 0.4) is 0 Å². The lowest BCUT2D eigenvalue weighted by atomic mass is 9.93. The molecule has 0 radical (unpaired) electrons. The fraction of sp³-hybridized carbons (Fsp3) is 0.333. The molecule has 0 bridgehead atoms. The molecule has 1 aliphatic heterocycles. The third-order valence-electron chi connectivity index (χ3n) is 4.31. The first kappa shape index (κ1) is 16.6. The van der Waals surface area contributed by atoms with Crippen molar-refractivity contribution in [1.29, 1.82) is 0 Å². The van der Waals surface area contributed by atoms with Crippen molar-refractivity contribution in [2.24, 2.45) is 5.92 Å². The summed E-state index contributed by atoms with van der Waals surface area (Å²) in [7, 11) is 0. The SMILES string of the molecule is O=C(O)CC1CCN(C(=O)c2ccc(-c3ccc(F)cc3)s2)CC1. The number of carboxylic acid groups (broad SMARTS) is 1. The predicted octanol–water partition coefficient (Wildman–Crippen LogP) is 3.88. The Bertz CT molecular complexity index is 733. The summed E-state index contributed by atoms with van der Waals surface area (Å²) in [5.74, 6) is -0.912. The number of benzene rings is 1. The number of hydrogen-bond donors (Lipinski definition) is 1. The van der Waals surface area contributed by atoms with Crippen molar-refractivity contribution >= 4 is 23.2 Å². The minimum absolute atomic E-state index is 0.0119. The Morgan fingerprint density at radius 3 is 2.42 bits per heavy atom. The standard InChI is InChI=1S/C18H18FNO3S/c19-14-3-1-13(2-4-14)15-5-6-16(24-15)18(23)20-9-7-12(8-10-20)11-17(21)22/h1-6,12H,7-11H2,(H,21,22). The van der Waals surface area contributed by atoms with E-state index in [4.69, 9.17) is 5.11 Å². The first-order chi connectivity index (χ1) is 11.5. The Kier molecular flexibility index (Phi) is 4.94. The monoisotopic (exact) mass is 347 g/mol. The third-order valence-corrected chi connectivity index (χ3v) is 5.43. The molecule has 2 aromatic rings. The average Bonchev–Trinajstić information content (AvgIpc) is 3.05. The number of piperidine rings is 1. The van der Waals surface area contributed by atoms with Gasteiger partial charge in [0.15, 0.2) is 0 Å². The number of likely N-dealkylation sites (tertiary alicyclic amines) is 1. The van der Waals surface area contributed by atoms with Crippen LogP contribution < -0.4 is 0 Å². The minimum Gasteiger partial charge on any atom is -0.481 e. The van der Waals surface area contributed by atoms with Crippen molar-refractivity contribution in [3.8, 4) is 10.4 Å². The molecule has 1 saturated heterocycles. The highest BCUT2D eigenvalue weighted by atomic mass is 32.1. The minimum atomic E-state index is -0.776. The molecule has 24 heavy (non-hydrogen) atoms. The zero-order chi connectivity index (χ0) is 17.1. The van der Waals surface area contributed by atoms with Gasteiger partial charge in [-0.2, -0.15) is 0 Å². The maximum absolute atomic E-state index is 13.0.